The fourth-order valence-corrected chi connectivity index (χ4v) is 5.09. The van der Waals surface area contributed by atoms with Crippen LogP contribution >= 0.6 is 0 Å². The van der Waals surface area contributed by atoms with Crippen molar-refractivity contribution in [3.8, 4) is 5.75 Å². The number of benzene rings is 2. The predicted molar refractivity (Wildman–Crippen MR) is 170 cm³/mol. The Balaban J connectivity index is 0.000000321. The quantitative estimate of drug-likeness (QED) is 0.349. The third-order valence-corrected chi connectivity index (χ3v) is 7.07. The van der Waals surface area contributed by atoms with Crippen LogP contribution in [0.25, 0.3) is 0 Å². The highest BCUT2D eigenvalue weighted by Gasteiger charge is 2.43. The SMILES string of the molecule is C=C/C=C\C=C/C.CC1(C)C2=CNC(C3=CC=C(C4Nc5ccccc5O4)NC3)=NC2c2ccccc21.CCC. The van der Waals surface area contributed by atoms with Gasteiger partial charge in [0, 0.05) is 23.7 Å². The van der Waals surface area contributed by atoms with E-state index < -0.39 is 0 Å². The van der Waals surface area contributed by atoms with E-state index in [0.717, 1.165) is 28.5 Å². The highest BCUT2D eigenvalue weighted by molar-refractivity contribution is 6.01. The van der Waals surface area contributed by atoms with Crippen molar-refractivity contribution in [2.24, 2.45) is 4.99 Å². The lowest BCUT2D eigenvalue weighted by Gasteiger charge is -2.28. The summed E-state index contributed by atoms with van der Waals surface area (Å²) in [5, 5.41) is 10.4. The van der Waals surface area contributed by atoms with E-state index in [0.29, 0.717) is 6.54 Å². The Morgan fingerprint density at radius 2 is 1.77 bits per heavy atom. The zero-order valence-electron chi connectivity index (χ0n) is 24.4. The van der Waals surface area contributed by atoms with E-state index in [4.69, 9.17) is 9.73 Å². The molecule has 5 nitrogen and oxygen atoms in total. The Kier molecular flexibility index (Phi) is 9.49. The molecule has 3 aliphatic heterocycles. The molecule has 3 heterocycles. The monoisotopic (exact) mass is 534 g/mol. The van der Waals surface area contributed by atoms with E-state index in [1.54, 1.807) is 6.08 Å². The summed E-state index contributed by atoms with van der Waals surface area (Å²) in [5.41, 5.74) is 7.20. The number of para-hydroxylation sites is 2. The molecule has 40 heavy (non-hydrogen) atoms. The summed E-state index contributed by atoms with van der Waals surface area (Å²) in [5.74, 6) is 1.82. The first-order chi connectivity index (χ1) is 19.4. The molecule has 2 unspecified atom stereocenters. The average Bonchev–Trinajstić information content (AvgIpc) is 3.51. The number of aliphatic imine (C=N–C) groups is 1. The van der Waals surface area contributed by atoms with Crippen molar-refractivity contribution in [1.82, 2.24) is 10.6 Å². The van der Waals surface area contributed by atoms with Crippen molar-refractivity contribution in [2.45, 2.75) is 58.7 Å². The highest BCUT2D eigenvalue weighted by Crippen LogP contribution is 2.51. The Labute approximate surface area is 239 Å². The topological polar surface area (TPSA) is 57.7 Å². The lowest BCUT2D eigenvalue weighted by Crippen LogP contribution is -2.38. The second-order valence-electron chi connectivity index (χ2n) is 10.5. The fourth-order valence-electron chi connectivity index (χ4n) is 5.09. The number of hydrogen-bond donors (Lipinski definition) is 3. The predicted octanol–water partition coefficient (Wildman–Crippen LogP) is 7.87. The molecule has 6 rings (SSSR count). The number of ether oxygens (including phenoxy) is 1. The highest BCUT2D eigenvalue weighted by atomic mass is 16.5. The lowest BCUT2D eigenvalue weighted by atomic mass is 9.82. The van der Waals surface area contributed by atoms with Crippen molar-refractivity contribution in [1.29, 1.82) is 0 Å². The van der Waals surface area contributed by atoms with Crippen LogP contribution in [-0.2, 0) is 5.41 Å². The van der Waals surface area contributed by atoms with Crippen LogP contribution in [0.15, 0.2) is 126 Å². The van der Waals surface area contributed by atoms with Gasteiger partial charge >= 0.3 is 0 Å². The summed E-state index contributed by atoms with van der Waals surface area (Å²) in [6, 6.07) is 16.8. The summed E-state index contributed by atoms with van der Waals surface area (Å²) < 4.78 is 6.02. The van der Waals surface area contributed by atoms with Gasteiger partial charge in [-0.25, -0.2) is 0 Å². The fraction of sp³-hybridized carbons (Fsp3) is 0.286. The molecule has 0 aromatic heterocycles. The van der Waals surface area contributed by atoms with Crippen LogP contribution in [0.2, 0.25) is 0 Å². The molecule has 2 atom stereocenters. The van der Waals surface area contributed by atoms with Gasteiger partial charge in [-0.1, -0.05) is 114 Å². The molecule has 0 fully saturated rings. The number of anilines is 1. The molecule has 0 saturated carbocycles. The molecule has 0 radical (unpaired) electrons. The maximum Gasteiger partial charge on any atom is 0.211 e. The van der Waals surface area contributed by atoms with Crippen molar-refractivity contribution >= 4 is 11.5 Å². The van der Waals surface area contributed by atoms with Gasteiger partial charge in [0.15, 0.2) is 0 Å². The van der Waals surface area contributed by atoms with Crippen molar-refractivity contribution < 1.29 is 4.74 Å². The lowest BCUT2D eigenvalue weighted by molar-refractivity contribution is 0.280. The van der Waals surface area contributed by atoms with Gasteiger partial charge < -0.3 is 20.7 Å². The maximum absolute atomic E-state index is 6.02. The zero-order chi connectivity index (χ0) is 28.5. The number of hydrogen-bond acceptors (Lipinski definition) is 5. The first kappa shape index (κ1) is 28.8. The van der Waals surface area contributed by atoms with Gasteiger partial charge in [-0.2, -0.15) is 0 Å². The van der Waals surface area contributed by atoms with Crippen LogP contribution in [0, 0.1) is 0 Å². The Morgan fingerprint density at radius 1 is 1.02 bits per heavy atom. The van der Waals surface area contributed by atoms with E-state index >= 15 is 0 Å². The van der Waals surface area contributed by atoms with Crippen molar-refractivity contribution in [3.63, 3.8) is 0 Å². The van der Waals surface area contributed by atoms with Gasteiger partial charge in [-0.3, -0.25) is 4.99 Å². The number of nitrogens with zero attached hydrogens (tertiary/aromatic N) is 1. The molecule has 0 saturated heterocycles. The van der Waals surface area contributed by atoms with Crippen LogP contribution in [0.4, 0.5) is 5.69 Å². The summed E-state index contributed by atoms with van der Waals surface area (Å²) in [6.45, 7) is 15.0. The molecular weight excluding hydrogens is 492 g/mol. The second-order valence-corrected chi connectivity index (χ2v) is 10.5. The van der Waals surface area contributed by atoms with Crippen LogP contribution < -0.4 is 20.7 Å². The van der Waals surface area contributed by atoms with E-state index in [2.05, 4.69) is 92.8 Å². The van der Waals surface area contributed by atoms with Gasteiger partial charge in [0.2, 0.25) is 6.23 Å². The van der Waals surface area contributed by atoms with E-state index in [1.807, 2.05) is 55.5 Å². The average molecular weight is 535 g/mol. The molecule has 2 aromatic carbocycles. The minimum Gasteiger partial charge on any atom is -0.463 e. The maximum atomic E-state index is 6.02. The summed E-state index contributed by atoms with van der Waals surface area (Å²) >= 11 is 0. The van der Waals surface area contributed by atoms with Crippen molar-refractivity contribution in [3.05, 3.63) is 132 Å². The van der Waals surface area contributed by atoms with Crippen LogP contribution in [0.1, 0.15) is 58.2 Å². The van der Waals surface area contributed by atoms with Gasteiger partial charge in [0.05, 0.1) is 11.4 Å². The molecule has 0 spiro atoms. The zero-order valence-corrected chi connectivity index (χ0v) is 24.4. The minimum absolute atomic E-state index is 0.00392. The first-order valence-corrected chi connectivity index (χ1v) is 14.2. The van der Waals surface area contributed by atoms with E-state index in [-0.39, 0.29) is 17.7 Å². The smallest absolute Gasteiger partial charge is 0.211 e. The summed E-state index contributed by atoms with van der Waals surface area (Å²) in [4.78, 5) is 5.11. The summed E-state index contributed by atoms with van der Waals surface area (Å²) in [6.07, 6.45) is 16.9. The number of allylic oxidation sites excluding steroid dienone is 7. The normalized spacial score (nSPS) is 21.1. The number of amidine groups is 1. The molecular formula is C35H42N4O. The molecule has 2 aromatic rings. The molecule has 3 N–H and O–H groups in total. The van der Waals surface area contributed by atoms with E-state index in [9.17, 15) is 0 Å². The van der Waals surface area contributed by atoms with Crippen LogP contribution in [-0.4, -0.2) is 18.6 Å². The molecule has 5 heteroatoms. The number of dihydropyridines is 1. The third kappa shape index (κ3) is 6.15. The molecule has 0 amide bonds. The largest absolute Gasteiger partial charge is 0.463 e. The molecule has 4 aliphatic rings. The second kappa shape index (κ2) is 13.2. The van der Waals surface area contributed by atoms with Crippen LogP contribution in [0.3, 0.4) is 0 Å². The standard InChI is InChI=1S/C25H24N4O.C7H10.C3H8/c1-25(2)17-8-4-3-7-16(17)22-18(25)14-27-23(29-22)15-11-12-20(26-13-15)24-28-19-9-5-6-10-21(19)30-24;1-3-5-7-6-4-2;1-3-2/h3-12,14,22,24,26,28H,13H2,1-2H3,(H,27,29);3-7H,1H2,2H3;3H2,1-2H3/b;6-4-,7-5-;. The molecule has 208 valence electrons. The Hall–Kier alpha value is -4.25. The minimum atomic E-state index is -0.185. The van der Waals surface area contributed by atoms with Crippen LogP contribution in [0.5, 0.6) is 5.75 Å². The van der Waals surface area contributed by atoms with Gasteiger partial charge in [-0.15, -0.1) is 0 Å². The molecule has 1 aliphatic carbocycles. The Bertz CT molecular complexity index is 1360. The van der Waals surface area contributed by atoms with Gasteiger partial charge in [0.25, 0.3) is 0 Å². The van der Waals surface area contributed by atoms with Gasteiger partial charge in [-0.05, 0) is 41.8 Å². The number of rotatable bonds is 4. The van der Waals surface area contributed by atoms with Gasteiger partial charge in [0.1, 0.15) is 17.6 Å². The Morgan fingerprint density at radius 3 is 2.48 bits per heavy atom. The van der Waals surface area contributed by atoms with E-state index in [1.165, 1.54) is 23.1 Å². The van der Waals surface area contributed by atoms with Crippen molar-refractivity contribution in [2.75, 3.05) is 11.9 Å². The first-order valence-electron chi connectivity index (χ1n) is 14.2. The number of fused-ring (bicyclic) bond motifs is 4. The molecule has 0 bridgehead atoms. The third-order valence-electron chi connectivity index (χ3n) is 7.07. The number of nitrogens with one attached hydrogen (secondary N) is 3. The summed E-state index contributed by atoms with van der Waals surface area (Å²) in [7, 11) is 0.